The quantitative estimate of drug-likeness (QED) is 0.742. The topological polar surface area (TPSA) is 58.4 Å². The van der Waals surface area contributed by atoms with E-state index in [2.05, 4.69) is 31.2 Å². The van der Waals surface area contributed by atoms with E-state index in [9.17, 15) is 4.79 Å². The standard InChI is InChI=1S/C15H31N3O/c1-4-8-13(16)11-14(19)17-12-15(18(2)3)9-6-5-7-10-15/h13H,4-12,16H2,1-3H3,(H,17,19). The Morgan fingerprint density at radius 3 is 2.47 bits per heavy atom. The number of amides is 1. The third-order valence-corrected chi connectivity index (χ3v) is 4.45. The van der Waals surface area contributed by atoms with Crippen LogP contribution in [0.5, 0.6) is 0 Å². The van der Waals surface area contributed by atoms with Crippen LogP contribution in [0.15, 0.2) is 0 Å². The molecule has 0 aromatic rings. The fraction of sp³-hybridized carbons (Fsp3) is 0.933. The number of likely N-dealkylation sites (N-methyl/N-ethyl adjacent to an activating group) is 1. The number of rotatable bonds is 7. The highest BCUT2D eigenvalue weighted by Gasteiger charge is 2.34. The molecule has 0 aromatic carbocycles. The first kappa shape index (κ1) is 16.4. The van der Waals surface area contributed by atoms with Gasteiger partial charge in [0.05, 0.1) is 0 Å². The van der Waals surface area contributed by atoms with Gasteiger partial charge in [-0.25, -0.2) is 0 Å². The molecule has 112 valence electrons. The Morgan fingerprint density at radius 2 is 1.95 bits per heavy atom. The number of hydrogen-bond donors (Lipinski definition) is 2. The van der Waals surface area contributed by atoms with E-state index < -0.39 is 0 Å². The molecule has 4 nitrogen and oxygen atoms in total. The Kier molecular flexibility index (Phi) is 6.80. The Balaban J connectivity index is 2.41. The van der Waals surface area contributed by atoms with Crippen LogP contribution in [0.1, 0.15) is 58.3 Å². The number of nitrogens with one attached hydrogen (secondary N) is 1. The molecular formula is C15H31N3O. The van der Waals surface area contributed by atoms with Gasteiger partial charge in [0.15, 0.2) is 0 Å². The first-order valence-electron chi connectivity index (χ1n) is 7.70. The molecule has 0 radical (unpaired) electrons. The first-order chi connectivity index (χ1) is 9.00. The zero-order valence-electron chi connectivity index (χ0n) is 12.9. The average Bonchev–Trinajstić information content (AvgIpc) is 2.37. The van der Waals surface area contributed by atoms with Crippen molar-refractivity contribution in [2.45, 2.75) is 69.9 Å². The Morgan fingerprint density at radius 1 is 1.32 bits per heavy atom. The Bertz CT molecular complexity index is 273. The van der Waals surface area contributed by atoms with Crippen molar-refractivity contribution >= 4 is 5.91 Å². The van der Waals surface area contributed by atoms with E-state index in [1.807, 2.05) is 0 Å². The molecule has 0 saturated heterocycles. The van der Waals surface area contributed by atoms with E-state index in [4.69, 9.17) is 5.73 Å². The Labute approximate surface area is 118 Å². The minimum atomic E-state index is 0.00617. The molecule has 1 aliphatic carbocycles. The van der Waals surface area contributed by atoms with Crippen molar-refractivity contribution in [2.24, 2.45) is 5.73 Å². The molecule has 1 rings (SSSR count). The molecule has 1 saturated carbocycles. The summed E-state index contributed by atoms with van der Waals surface area (Å²) >= 11 is 0. The zero-order valence-corrected chi connectivity index (χ0v) is 12.9. The number of carbonyl (C=O) groups is 1. The summed E-state index contributed by atoms with van der Waals surface area (Å²) in [5.74, 6) is 0.104. The van der Waals surface area contributed by atoms with Crippen molar-refractivity contribution in [3.63, 3.8) is 0 Å². The van der Waals surface area contributed by atoms with E-state index in [0.717, 1.165) is 19.4 Å². The number of nitrogens with zero attached hydrogens (tertiary/aromatic N) is 1. The number of nitrogens with two attached hydrogens (primary N) is 1. The lowest BCUT2D eigenvalue weighted by atomic mass is 9.80. The predicted molar refractivity (Wildman–Crippen MR) is 80.0 cm³/mol. The van der Waals surface area contributed by atoms with Crippen molar-refractivity contribution < 1.29 is 4.79 Å². The van der Waals surface area contributed by atoms with Crippen LogP contribution in [0.25, 0.3) is 0 Å². The normalized spacial score (nSPS) is 20.3. The summed E-state index contributed by atoms with van der Waals surface area (Å²) in [6.07, 6.45) is 8.64. The van der Waals surface area contributed by atoms with Crippen LogP contribution in [0.3, 0.4) is 0 Å². The third-order valence-electron chi connectivity index (χ3n) is 4.45. The van der Waals surface area contributed by atoms with Crippen LogP contribution in [-0.2, 0) is 4.79 Å². The maximum atomic E-state index is 11.9. The summed E-state index contributed by atoms with van der Waals surface area (Å²) in [6, 6.07) is 0.00617. The van der Waals surface area contributed by atoms with E-state index in [1.54, 1.807) is 0 Å². The maximum absolute atomic E-state index is 11.9. The van der Waals surface area contributed by atoms with Gasteiger partial charge in [-0.1, -0.05) is 32.6 Å². The fourth-order valence-corrected chi connectivity index (χ4v) is 3.04. The molecule has 3 N–H and O–H groups in total. The van der Waals surface area contributed by atoms with Gasteiger partial charge in [-0.2, -0.15) is 0 Å². The molecule has 0 bridgehead atoms. The highest BCUT2D eigenvalue weighted by molar-refractivity contribution is 5.76. The van der Waals surface area contributed by atoms with Crippen molar-refractivity contribution in [2.75, 3.05) is 20.6 Å². The average molecular weight is 269 g/mol. The second-order valence-corrected chi connectivity index (χ2v) is 6.21. The van der Waals surface area contributed by atoms with Crippen molar-refractivity contribution in [1.29, 1.82) is 0 Å². The van der Waals surface area contributed by atoms with Crippen molar-refractivity contribution in [1.82, 2.24) is 10.2 Å². The summed E-state index contributed by atoms with van der Waals surface area (Å²) in [5, 5.41) is 3.10. The van der Waals surface area contributed by atoms with Crippen LogP contribution >= 0.6 is 0 Å². The molecule has 0 heterocycles. The van der Waals surface area contributed by atoms with Crippen LogP contribution in [0.2, 0.25) is 0 Å². The van der Waals surface area contributed by atoms with Gasteiger partial charge >= 0.3 is 0 Å². The monoisotopic (exact) mass is 269 g/mol. The predicted octanol–water partition coefficient (Wildman–Crippen LogP) is 1.88. The molecule has 0 spiro atoms. The van der Waals surface area contributed by atoms with Crippen molar-refractivity contribution in [3.05, 3.63) is 0 Å². The van der Waals surface area contributed by atoms with Crippen LogP contribution in [0.4, 0.5) is 0 Å². The lowest BCUT2D eigenvalue weighted by Gasteiger charge is -2.43. The summed E-state index contributed by atoms with van der Waals surface area (Å²) in [5.41, 5.74) is 6.07. The molecule has 0 aliphatic heterocycles. The molecule has 1 unspecified atom stereocenters. The number of hydrogen-bond acceptors (Lipinski definition) is 3. The highest BCUT2D eigenvalue weighted by atomic mass is 16.1. The second-order valence-electron chi connectivity index (χ2n) is 6.21. The Hall–Kier alpha value is -0.610. The maximum Gasteiger partial charge on any atom is 0.221 e. The van der Waals surface area contributed by atoms with E-state index in [0.29, 0.717) is 6.42 Å². The second kappa shape index (κ2) is 7.85. The van der Waals surface area contributed by atoms with Gasteiger partial charge in [0.1, 0.15) is 0 Å². The lowest BCUT2D eigenvalue weighted by molar-refractivity contribution is -0.122. The smallest absolute Gasteiger partial charge is 0.221 e. The SMILES string of the molecule is CCCC(N)CC(=O)NCC1(N(C)C)CCCCC1. The minimum Gasteiger partial charge on any atom is -0.354 e. The van der Waals surface area contributed by atoms with Gasteiger partial charge in [0.2, 0.25) is 5.91 Å². The van der Waals surface area contributed by atoms with Gasteiger partial charge in [-0.3, -0.25) is 4.79 Å². The van der Waals surface area contributed by atoms with E-state index in [-0.39, 0.29) is 17.5 Å². The largest absolute Gasteiger partial charge is 0.354 e. The highest BCUT2D eigenvalue weighted by Crippen LogP contribution is 2.31. The number of carbonyl (C=O) groups excluding carboxylic acids is 1. The molecule has 1 amide bonds. The fourth-order valence-electron chi connectivity index (χ4n) is 3.04. The van der Waals surface area contributed by atoms with Crippen LogP contribution < -0.4 is 11.1 Å². The van der Waals surface area contributed by atoms with Crippen molar-refractivity contribution in [3.8, 4) is 0 Å². The van der Waals surface area contributed by atoms with Gasteiger partial charge in [-0.05, 0) is 33.4 Å². The summed E-state index contributed by atoms with van der Waals surface area (Å²) in [7, 11) is 4.25. The molecule has 1 aliphatic rings. The summed E-state index contributed by atoms with van der Waals surface area (Å²) in [6.45, 7) is 2.86. The molecule has 1 atom stereocenters. The minimum absolute atomic E-state index is 0.00617. The summed E-state index contributed by atoms with van der Waals surface area (Å²) < 4.78 is 0. The van der Waals surface area contributed by atoms with Gasteiger partial charge in [0.25, 0.3) is 0 Å². The molecule has 4 heteroatoms. The van der Waals surface area contributed by atoms with Gasteiger partial charge in [-0.15, -0.1) is 0 Å². The van der Waals surface area contributed by atoms with Crippen LogP contribution in [-0.4, -0.2) is 43.0 Å². The lowest BCUT2D eigenvalue weighted by Crippen LogP contribution is -2.54. The van der Waals surface area contributed by atoms with E-state index >= 15 is 0 Å². The molecule has 19 heavy (non-hydrogen) atoms. The van der Waals surface area contributed by atoms with Crippen LogP contribution in [0, 0.1) is 0 Å². The van der Waals surface area contributed by atoms with Gasteiger partial charge < -0.3 is 16.0 Å². The molecule has 1 fully saturated rings. The van der Waals surface area contributed by atoms with E-state index in [1.165, 1.54) is 32.1 Å². The molecule has 0 aromatic heterocycles. The molecular weight excluding hydrogens is 238 g/mol. The summed E-state index contributed by atoms with van der Waals surface area (Å²) in [4.78, 5) is 14.2. The first-order valence-corrected chi connectivity index (χ1v) is 7.70. The van der Waals surface area contributed by atoms with Gasteiger partial charge in [0, 0.05) is 24.5 Å². The zero-order chi connectivity index (χ0) is 14.3. The third kappa shape index (κ3) is 5.11.